The van der Waals surface area contributed by atoms with Gasteiger partial charge in [-0.15, -0.1) is 0 Å². The molecule has 0 radical (unpaired) electrons. The second-order valence-electron chi connectivity index (χ2n) is 3.53. The average Bonchev–Trinajstić information content (AvgIpc) is 2.26. The summed E-state index contributed by atoms with van der Waals surface area (Å²) in [7, 11) is 3.09. The van der Waals surface area contributed by atoms with Gasteiger partial charge in [0.15, 0.2) is 0 Å². The molecular formula is C10H20N2O4. The van der Waals surface area contributed by atoms with Gasteiger partial charge in [0.05, 0.1) is 6.61 Å². The lowest BCUT2D eigenvalue weighted by Gasteiger charge is -2.27. The Balaban J connectivity index is 4.16. The van der Waals surface area contributed by atoms with Crippen LogP contribution in [0, 0.1) is 0 Å². The van der Waals surface area contributed by atoms with Gasteiger partial charge in [0.25, 0.3) is 0 Å². The molecule has 0 saturated heterocycles. The summed E-state index contributed by atoms with van der Waals surface area (Å²) < 4.78 is 5.11. The van der Waals surface area contributed by atoms with Gasteiger partial charge in [0.2, 0.25) is 0 Å². The molecule has 0 spiro atoms. The Bertz CT molecular complexity index is 245. The van der Waals surface area contributed by atoms with Crippen molar-refractivity contribution in [1.82, 2.24) is 9.80 Å². The fraction of sp³-hybridized carbons (Fsp3) is 0.800. The molecule has 0 saturated carbocycles. The van der Waals surface area contributed by atoms with E-state index in [2.05, 4.69) is 0 Å². The van der Waals surface area contributed by atoms with Gasteiger partial charge in [-0.1, -0.05) is 0 Å². The van der Waals surface area contributed by atoms with Crippen LogP contribution in [0.2, 0.25) is 0 Å². The molecule has 6 heteroatoms. The van der Waals surface area contributed by atoms with Gasteiger partial charge < -0.3 is 19.6 Å². The van der Waals surface area contributed by atoms with E-state index in [0.29, 0.717) is 19.8 Å². The highest BCUT2D eigenvalue weighted by atomic mass is 16.5. The summed E-state index contributed by atoms with van der Waals surface area (Å²) in [5.74, 6) is -1.02. The third-order valence-electron chi connectivity index (χ3n) is 2.34. The summed E-state index contributed by atoms with van der Waals surface area (Å²) in [5.41, 5.74) is 0. The predicted octanol–water partition coefficient (Wildman–Crippen LogP) is 0.480. The maximum atomic E-state index is 11.7. The van der Waals surface area contributed by atoms with Crippen molar-refractivity contribution < 1.29 is 19.4 Å². The number of carbonyl (C=O) groups excluding carboxylic acids is 1. The Kier molecular flexibility index (Phi) is 6.48. The third-order valence-corrected chi connectivity index (χ3v) is 2.34. The number of amides is 2. The molecule has 0 aliphatic rings. The molecule has 0 aromatic heterocycles. The predicted molar refractivity (Wildman–Crippen MR) is 59.4 cm³/mol. The summed E-state index contributed by atoms with van der Waals surface area (Å²) in [6.07, 6.45) is 0. The molecule has 0 fully saturated rings. The zero-order valence-electron chi connectivity index (χ0n) is 10.3. The Morgan fingerprint density at radius 1 is 1.38 bits per heavy atom. The minimum absolute atomic E-state index is 0.324. The first-order valence-electron chi connectivity index (χ1n) is 5.20. The molecule has 0 aromatic rings. The largest absolute Gasteiger partial charge is 0.480 e. The fourth-order valence-corrected chi connectivity index (χ4v) is 1.04. The number of hydrogen-bond donors (Lipinski definition) is 1. The summed E-state index contributed by atoms with van der Waals surface area (Å²) in [4.78, 5) is 25.0. The van der Waals surface area contributed by atoms with Crippen molar-refractivity contribution in [1.29, 1.82) is 0 Å². The summed E-state index contributed by atoms with van der Waals surface area (Å²) in [6.45, 7) is 4.85. The van der Waals surface area contributed by atoms with E-state index in [1.165, 1.54) is 23.8 Å². The Hall–Kier alpha value is -1.30. The van der Waals surface area contributed by atoms with Gasteiger partial charge >= 0.3 is 12.0 Å². The van der Waals surface area contributed by atoms with E-state index in [1.54, 1.807) is 7.05 Å². The smallest absolute Gasteiger partial charge is 0.326 e. The van der Waals surface area contributed by atoms with Crippen LogP contribution in [0.3, 0.4) is 0 Å². The highest BCUT2D eigenvalue weighted by Crippen LogP contribution is 2.00. The molecule has 0 bridgehead atoms. The molecule has 0 rings (SSSR count). The molecule has 0 aromatic carbocycles. The zero-order chi connectivity index (χ0) is 12.7. The van der Waals surface area contributed by atoms with Gasteiger partial charge in [-0.3, -0.25) is 0 Å². The zero-order valence-corrected chi connectivity index (χ0v) is 10.3. The summed E-state index contributed by atoms with van der Waals surface area (Å²) in [5, 5.41) is 8.76. The van der Waals surface area contributed by atoms with Gasteiger partial charge in [0, 0.05) is 27.2 Å². The monoisotopic (exact) mass is 232 g/mol. The van der Waals surface area contributed by atoms with Crippen LogP contribution in [0.1, 0.15) is 13.8 Å². The number of carbonyl (C=O) groups is 2. The number of hydrogen-bond acceptors (Lipinski definition) is 3. The number of urea groups is 1. The minimum atomic E-state index is -1.02. The normalized spacial score (nSPS) is 12.0. The van der Waals surface area contributed by atoms with E-state index in [4.69, 9.17) is 9.84 Å². The van der Waals surface area contributed by atoms with E-state index < -0.39 is 12.0 Å². The van der Waals surface area contributed by atoms with Crippen LogP contribution in [0.15, 0.2) is 0 Å². The Labute approximate surface area is 95.8 Å². The topological polar surface area (TPSA) is 70.1 Å². The SMILES string of the molecule is CCOCCN(C)C(=O)N(C)C(C)C(=O)O. The molecular weight excluding hydrogens is 212 g/mol. The van der Waals surface area contributed by atoms with E-state index >= 15 is 0 Å². The van der Waals surface area contributed by atoms with Crippen molar-refractivity contribution in [3.8, 4) is 0 Å². The van der Waals surface area contributed by atoms with Crippen LogP contribution >= 0.6 is 0 Å². The van der Waals surface area contributed by atoms with E-state index in [0.717, 1.165) is 0 Å². The first-order valence-corrected chi connectivity index (χ1v) is 5.20. The van der Waals surface area contributed by atoms with Crippen LogP contribution in [-0.4, -0.2) is 66.8 Å². The molecule has 1 atom stereocenters. The number of aliphatic carboxylic acids is 1. The Morgan fingerprint density at radius 3 is 2.38 bits per heavy atom. The third kappa shape index (κ3) is 4.48. The van der Waals surface area contributed by atoms with E-state index in [9.17, 15) is 9.59 Å². The molecule has 94 valence electrons. The van der Waals surface area contributed by atoms with Gasteiger partial charge in [-0.2, -0.15) is 0 Å². The van der Waals surface area contributed by atoms with E-state index in [-0.39, 0.29) is 6.03 Å². The van der Waals surface area contributed by atoms with Gasteiger partial charge in [-0.25, -0.2) is 9.59 Å². The highest BCUT2D eigenvalue weighted by molar-refractivity contribution is 5.82. The average molecular weight is 232 g/mol. The van der Waals surface area contributed by atoms with Crippen molar-refractivity contribution in [3.63, 3.8) is 0 Å². The minimum Gasteiger partial charge on any atom is -0.480 e. The van der Waals surface area contributed by atoms with Crippen molar-refractivity contribution in [2.45, 2.75) is 19.9 Å². The molecule has 2 amide bonds. The number of ether oxygens (including phenoxy) is 1. The number of rotatable bonds is 6. The maximum Gasteiger partial charge on any atom is 0.326 e. The molecule has 1 N–H and O–H groups in total. The van der Waals surface area contributed by atoms with Crippen LogP contribution in [0.4, 0.5) is 4.79 Å². The summed E-state index contributed by atoms with van der Waals surface area (Å²) in [6, 6.07) is -1.16. The van der Waals surface area contributed by atoms with Crippen LogP contribution in [0.25, 0.3) is 0 Å². The molecule has 16 heavy (non-hydrogen) atoms. The molecule has 6 nitrogen and oxygen atoms in total. The van der Waals surface area contributed by atoms with Crippen molar-refractivity contribution in [2.24, 2.45) is 0 Å². The molecule has 0 aliphatic heterocycles. The standard InChI is InChI=1S/C10H20N2O4/c1-5-16-7-6-11(3)10(15)12(4)8(2)9(13)14/h8H,5-7H2,1-4H3,(H,13,14). The fourth-order valence-electron chi connectivity index (χ4n) is 1.04. The Morgan fingerprint density at radius 2 is 1.94 bits per heavy atom. The lowest BCUT2D eigenvalue weighted by atomic mass is 10.3. The molecule has 0 aliphatic carbocycles. The van der Waals surface area contributed by atoms with Crippen LogP contribution < -0.4 is 0 Å². The lowest BCUT2D eigenvalue weighted by Crippen LogP contribution is -2.47. The summed E-state index contributed by atoms with van der Waals surface area (Å²) >= 11 is 0. The number of carboxylic acid groups (broad SMARTS) is 1. The van der Waals surface area contributed by atoms with Crippen molar-refractivity contribution in [3.05, 3.63) is 0 Å². The van der Waals surface area contributed by atoms with E-state index in [1.807, 2.05) is 6.92 Å². The maximum absolute atomic E-state index is 11.7. The number of carboxylic acids is 1. The lowest BCUT2D eigenvalue weighted by molar-refractivity contribution is -0.141. The molecule has 1 unspecified atom stereocenters. The first-order chi connectivity index (χ1) is 7.41. The number of nitrogens with zero attached hydrogens (tertiary/aromatic N) is 2. The van der Waals surface area contributed by atoms with Crippen LogP contribution in [0.5, 0.6) is 0 Å². The van der Waals surface area contributed by atoms with Gasteiger partial charge in [-0.05, 0) is 13.8 Å². The van der Waals surface area contributed by atoms with Crippen molar-refractivity contribution >= 4 is 12.0 Å². The number of likely N-dealkylation sites (N-methyl/N-ethyl adjacent to an activating group) is 2. The second kappa shape index (κ2) is 7.05. The van der Waals surface area contributed by atoms with Gasteiger partial charge in [0.1, 0.15) is 6.04 Å². The van der Waals surface area contributed by atoms with Crippen molar-refractivity contribution in [2.75, 3.05) is 33.9 Å². The quantitative estimate of drug-likeness (QED) is 0.676. The highest BCUT2D eigenvalue weighted by Gasteiger charge is 2.23. The molecule has 0 heterocycles. The first kappa shape index (κ1) is 14.7. The second-order valence-corrected chi connectivity index (χ2v) is 3.53. The van der Waals surface area contributed by atoms with Crippen LogP contribution in [-0.2, 0) is 9.53 Å².